The molecule has 2 heterocycles. The van der Waals surface area contributed by atoms with E-state index in [0.29, 0.717) is 22.9 Å². The number of hydrogen-bond acceptors (Lipinski definition) is 6. The summed E-state index contributed by atoms with van der Waals surface area (Å²) in [5.41, 5.74) is 2.55. The number of para-hydroxylation sites is 1. The zero-order valence-electron chi connectivity index (χ0n) is 15.8. The van der Waals surface area contributed by atoms with Crippen LogP contribution in [0.3, 0.4) is 0 Å². The first-order valence-corrected chi connectivity index (χ1v) is 9.42. The second-order valence-electron chi connectivity index (χ2n) is 6.70. The summed E-state index contributed by atoms with van der Waals surface area (Å²) in [5, 5.41) is 11.8. The van der Waals surface area contributed by atoms with Crippen molar-refractivity contribution < 1.29 is 4.79 Å². The average Bonchev–Trinajstić information content (AvgIpc) is 2.80. The van der Waals surface area contributed by atoms with Crippen LogP contribution in [0.25, 0.3) is 0 Å². The van der Waals surface area contributed by atoms with Crippen molar-refractivity contribution >= 4 is 23.2 Å². The first-order chi connectivity index (χ1) is 14.2. The fraction of sp³-hybridized carbons (Fsp3) is 0.182. The fourth-order valence-corrected chi connectivity index (χ4v) is 3.29. The molecule has 1 N–H and O–H groups in total. The monoisotopic (exact) mass is 384 g/mol. The van der Waals surface area contributed by atoms with Gasteiger partial charge in [0, 0.05) is 43.8 Å². The third kappa shape index (κ3) is 4.33. The summed E-state index contributed by atoms with van der Waals surface area (Å²) >= 11 is 0. The molecule has 2 aromatic carbocycles. The molecule has 1 aliphatic rings. The van der Waals surface area contributed by atoms with E-state index >= 15 is 0 Å². The molecule has 144 valence electrons. The smallest absolute Gasteiger partial charge is 0.274 e. The van der Waals surface area contributed by atoms with Gasteiger partial charge in [-0.05, 0) is 36.4 Å². The number of benzene rings is 2. The van der Waals surface area contributed by atoms with E-state index in [1.165, 1.54) is 5.69 Å². The van der Waals surface area contributed by atoms with Crippen LogP contribution in [0.2, 0.25) is 0 Å². The van der Waals surface area contributed by atoms with Crippen LogP contribution in [0.4, 0.5) is 17.3 Å². The molecule has 7 heteroatoms. The van der Waals surface area contributed by atoms with Crippen LogP contribution < -0.4 is 15.1 Å². The Morgan fingerprint density at radius 2 is 1.72 bits per heavy atom. The first kappa shape index (κ1) is 18.4. The van der Waals surface area contributed by atoms with Crippen molar-refractivity contribution in [3.8, 4) is 6.07 Å². The minimum Gasteiger partial charge on any atom is -0.368 e. The lowest BCUT2D eigenvalue weighted by Gasteiger charge is -2.36. The molecule has 1 saturated heterocycles. The van der Waals surface area contributed by atoms with E-state index < -0.39 is 0 Å². The fourth-order valence-electron chi connectivity index (χ4n) is 3.29. The first-order valence-electron chi connectivity index (χ1n) is 9.42. The summed E-state index contributed by atoms with van der Waals surface area (Å²) in [5.74, 6) is 0.225. The predicted octanol–water partition coefficient (Wildman–Crippen LogP) is 2.93. The van der Waals surface area contributed by atoms with Gasteiger partial charge in [-0.15, -0.1) is 0 Å². The van der Waals surface area contributed by atoms with Crippen molar-refractivity contribution in [3.63, 3.8) is 0 Å². The summed E-state index contributed by atoms with van der Waals surface area (Å²) < 4.78 is 0. The second-order valence-corrected chi connectivity index (χ2v) is 6.70. The molecule has 0 spiro atoms. The van der Waals surface area contributed by atoms with Crippen molar-refractivity contribution in [3.05, 3.63) is 78.1 Å². The Kier molecular flexibility index (Phi) is 5.34. The van der Waals surface area contributed by atoms with Gasteiger partial charge in [0.15, 0.2) is 0 Å². The molecule has 1 fully saturated rings. The number of carbonyl (C=O) groups is 1. The molecule has 0 saturated carbocycles. The zero-order chi connectivity index (χ0) is 20.1. The summed E-state index contributed by atoms with van der Waals surface area (Å²) in [6.45, 7) is 3.30. The van der Waals surface area contributed by atoms with E-state index in [0.717, 1.165) is 26.2 Å². The van der Waals surface area contributed by atoms with E-state index in [2.05, 4.69) is 43.3 Å². The van der Waals surface area contributed by atoms with Gasteiger partial charge < -0.3 is 15.1 Å². The Morgan fingerprint density at radius 1 is 0.966 bits per heavy atom. The van der Waals surface area contributed by atoms with Crippen molar-refractivity contribution in [2.45, 2.75) is 0 Å². The van der Waals surface area contributed by atoms with Crippen LogP contribution >= 0.6 is 0 Å². The van der Waals surface area contributed by atoms with Crippen LogP contribution in [0.1, 0.15) is 16.1 Å². The third-order valence-corrected chi connectivity index (χ3v) is 4.81. The highest BCUT2D eigenvalue weighted by atomic mass is 16.1. The molecule has 29 heavy (non-hydrogen) atoms. The summed E-state index contributed by atoms with van der Waals surface area (Å²) in [7, 11) is 0. The predicted molar refractivity (Wildman–Crippen MR) is 112 cm³/mol. The lowest BCUT2D eigenvalue weighted by atomic mass is 10.2. The van der Waals surface area contributed by atoms with E-state index in [1.54, 1.807) is 36.5 Å². The number of hydrogen-bond donors (Lipinski definition) is 1. The lowest BCUT2D eigenvalue weighted by molar-refractivity contribution is 0.102. The molecule has 0 unspecified atom stereocenters. The SMILES string of the molecule is N#Cc1cccc(NC(=O)c2ccnc(N3CCN(c4ccccc4)CC3)n2)c1. The molecule has 0 aliphatic carbocycles. The molecule has 3 aromatic rings. The number of carbonyl (C=O) groups excluding carboxylic acids is 1. The number of aromatic nitrogens is 2. The highest BCUT2D eigenvalue weighted by Crippen LogP contribution is 2.18. The van der Waals surface area contributed by atoms with Crippen molar-refractivity contribution in [1.29, 1.82) is 5.26 Å². The molecular weight excluding hydrogens is 364 g/mol. The van der Waals surface area contributed by atoms with Gasteiger partial charge in [0.05, 0.1) is 11.6 Å². The minimum atomic E-state index is -0.327. The molecule has 7 nitrogen and oxygen atoms in total. The Balaban J connectivity index is 1.42. The van der Waals surface area contributed by atoms with Gasteiger partial charge in [0.25, 0.3) is 5.91 Å². The van der Waals surface area contributed by atoms with Gasteiger partial charge >= 0.3 is 0 Å². The zero-order valence-corrected chi connectivity index (χ0v) is 15.8. The topological polar surface area (TPSA) is 85.1 Å². The maximum atomic E-state index is 12.6. The molecule has 1 aliphatic heterocycles. The van der Waals surface area contributed by atoms with E-state index in [1.807, 2.05) is 18.2 Å². The molecule has 0 bridgehead atoms. The Morgan fingerprint density at radius 3 is 2.48 bits per heavy atom. The van der Waals surface area contributed by atoms with Crippen molar-refractivity contribution in [2.75, 3.05) is 41.3 Å². The van der Waals surface area contributed by atoms with Gasteiger partial charge in [0.1, 0.15) is 5.69 Å². The maximum absolute atomic E-state index is 12.6. The van der Waals surface area contributed by atoms with E-state index in [-0.39, 0.29) is 5.91 Å². The number of piperazine rings is 1. The number of nitriles is 1. The molecule has 4 rings (SSSR count). The van der Waals surface area contributed by atoms with E-state index in [9.17, 15) is 4.79 Å². The van der Waals surface area contributed by atoms with Crippen LogP contribution in [-0.4, -0.2) is 42.1 Å². The Labute approximate surface area is 169 Å². The van der Waals surface area contributed by atoms with Crippen molar-refractivity contribution in [1.82, 2.24) is 9.97 Å². The van der Waals surface area contributed by atoms with Crippen LogP contribution in [-0.2, 0) is 0 Å². The standard InChI is InChI=1S/C22H20N6O/c23-16-17-5-4-6-18(15-17)25-21(29)20-9-10-24-22(26-20)28-13-11-27(12-14-28)19-7-2-1-3-8-19/h1-10,15H,11-14H2,(H,25,29). The summed E-state index contributed by atoms with van der Waals surface area (Å²) in [6, 6.07) is 20.7. The maximum Gasteiger partial charge on any atom is 0.274 e. The van der Waals surface area contributed by atoms with Gasteiger partial charge in [-0.2, -0.15) is 5.26 Å². The highest BCUT2D eigenvalue weighted by Gasteiger charge is 2.20. The molecule has 0 atom stereocenters. The minimum absolute atomic E-state index is 0.294. The number of anilines is 3. The molecule has 1 aromatic heterocycles. The number of nitrogens with zero attached hydrogens (tertiary/aromatic N) is 5. The summed E-state index contributed by atoms with van der Waals surface area (Å²) in [4.78, 5) is 25.8. The van der Waals surface area contributed by atoms with Crippen LogP contribution in [0, 0.1) is 11.3 Å². The van der Waals surface area contributed by atoms with Gasteiger partial charge in [-0.3, -0.25) is 4.79 Å². The molecule has 0 radical (unpaired) electrons. The third-order valence-electron chi connectivity index (χ3n) is 4.81. The quantitative estimate of drug-likeness (QED) is 0.744. The normalized spacial score (nSPS) is 13.6. The largest absolute Gasteiger partial charge is 0.368 e. The number of rotatable bonds is 4. The van der Waals surface area contributed by atoms with Gasteiger partial charge in [0.2, 0.25) is 5.95 Å². The van der Waals surface area contributed by atoms with Gasteiger partial charge in [-0.25, -0.2) is 9.97 Å². The Hall–Kier alpha value is -3.92. The van der Waals surface area contributed by atoms with E-state index in [4.69, 9.17) is 5.26 Å². The second kappa shape index (κ2) is 8.40. The van der Waals surface area contributed by atoms with Crippen LogP contribution in [0.15, 0.2) is 66.9 Å². The highest BCUT2D eigenvalue weighted by molar-refractivity contribution is 6.03. The average molecular weight is 384 g/mol. The molecular formula is C22H20N6O. The number of amides is 1. The lowest BCUT2D eigenvalue weighted by Crippen LogP contribution is -2.47. The van der Waals surface area contributed by atoms with Crippen LogP contribution in [0.5, 0.6) is 0 Å². The number of nitrogens with one attached hydrogen (secondary N) is 1. The Bertz CT molecular complexity index is 1040. The van der Waals surface area contributed by atoms with Crippen molar-refractivity contribution in [2.24, 2.45) is 0 Å². The summed E-state index contributed by atoms with van der Waals surface area (Å²) in [6.07, 6.45) is 1.60. The molecule has 1 amide bonds. The van der Waals surface area contributed by atoms with Gasteiger partial charge in [-0.1, -0.05) is 24.3 Å².